The lowest BCUT2D eigenvalue weighted by Crippen LogP contribution is -2.37. The van der Waals surface area contributed by atoms with Crippen LogP contribution in [0.5, 0.6) is 0 Å². The quantitative estimate of drug-likeness (QED) is 0.477. The van der Waals surface area contributed by atoms with Crippen molar-refractivity contribution in [3.05, 3.63) is 0 Å². The van der Waals surface area contributed by atoms with Crippen molar-refractivity contribution in [1.29, 1.82) is 0 Å². The van der Waals surface area contributed by atoms with Crippen molar-refractivity contribution >= 4 is 23.9 Å². The van der Waals surface area contributed by atoms with Gasteiger partial charge in [0.1, 0.15) is 6.04 Å². The fourth-order valence-electron chi connectivity index (χ4n) is 1.59. The molecule has 0 saturated heterocycles. The predicted molar refractivity (Wildman–Crippen MR) is 99.4 cm³/mol. The van der Waals surface area contributed by atoms with E-state index in [1.165, 1.54) is 13.8 Å². The Balaban J connectivity index is 4.33. The number of rotatable bonds is 8. The molecule has 0 saturated carbocycles. The Morgan fingerprint density at radius 2 is 1.14 bits per heavy atom. The molecule has 162 valence electrons. The Morgan fingerprint density at radius 3 is 1.54 bits per heavy atom. The van der Waals surface area contributed by atoms with Crippen molar-refractivity contribution in [2.24, 2.45) is 16.6 Å². The van der Waals surface area contributed by atoms with Gasteiger partial charge < -0.3 is 24.7 Å². The fraction of sp³-hybridized carbons (Fsp3) is 0.789. The zero-order chi connectivity index (χ0) is 22.3. The van der Waals surface area contributed by atoms with Gasteiger partial charge in [-0.1, -0.05) is 0 Å². The smallest absolute Gasteiger partial charge is 0.325 e. The van der Waals surface area contributed by atoms with Crippen LogP contribution in [-0.2, 0) is 38.1 Å². The number of carbonyl (C=O) groups excluding carboxylic acids is 4. The first-order valence-electron chi connectivity index (χ1n) is 9.11. The monoisotopic (exact) mass is 403 g/mol. The minimum absolute atomic E-state index is 0.0441. The van der Waals surface area contributed by atoms with Crippen molar-refractivity contribution in [1.82, 2.24) is 0 Å². The van der Waals surface area contributed by atoms with Crippen LogP contribution in [-0.4, -0.2) is 42.5 Å². The highest BCUT2D eigenvalue weighted by Gasteiger charge is 2.28. The van der Waals surface area contributed by atoms with Crippen LogP contribution in [0.1, 0.15) is 68.2 Å². The summed E-state index contributed by atoms with van der Waals surface area (Å²) in [6.45, 7) is 12.8. The lowest BCUT2D eigenvalue weighted by Gasteiger charge is -2.22. The van der Waals surface area contributed by atoms with Gasteiger partial charge in [-0.15, -0.1) is 0 Å². The molecule has 28 heavy (non-hydrogen) atoms. The average molecular weight is 403 g/mol. The first-order chi connectivity index (χ1) is 12.5. The molecule has 0 aromatic rings. The van der Waals surface area contributed by atoms with Crippen molar-refractivity contribution in [3.8, 4) is 0 Å². The summed E-state index contributed by atoms with van der Waals surface area (Å²) in [5.74, 6) is -2.52. The number of nitrogens with two attached hydrogens (primary N) is 1. The van der Waals surface area contributed by atoms with Gasteiger partial charge in [0.2, 0.25) is 12.6 Å². The van der Waals surface area contributed by atoms with E-state index in [4.69, 9.17) is 24.7 Å². The zero-order valence-electron chi connectivity index (χ0n) is 18.0. The molecule has 0 rings (SSSR count). The second kappa shape index (κ2) is 10.4. The average Bonchev–Trinajstić information content (AvgIpc) is 2.50. The molecule has 0 spiro atoms. The summed E-state index contributed by atoms with van der Waals surface area (Å²) in [5.41, 5.74) is 4.23. The van der Waals surface area contributed by atoms with Gasteiger partial charge in [0.05, 0.1) is 10.8 Å². The number of carbonyl (C=O) groups is 4. The summed E-state index contributed by atoms with van der Waals surface area (Å²) in [6, 6.07) is -1.10. The molecular weight excluding hydrogens is 370 g/mol. The maximum Gasteiger partial charge on any atom is 0.325 e. The molecule has 0 radical (unpaired) electrons. The highest BCUT2D eigenvalue weighted by Crippen LogP contribution is 2.18. The lowest BCUT2D eigenvalue weighted by atomic mass is 9.97. The Bertz CT molecular complexity index is 573. The van der Waals surface area contributed by atoms with E-state index in [2.05, 4.69) is 0 Å². The van der Waals surface area contributed by atoms with Crippen LogP contribution in [0.2, 0.25) is 0 Å². The van der Waals surface area contributed by atoms with Crippen LogP contribution < -0.4 is 5.73 Å². The molecule has 0 heterocycles. The minimum atomic E-state index is -1.10. The largest absolute Gasteiger partial charge is 0.425 e. The van der Waals surface area contributed by atoms with Gasteiger partial charge in [-0.05, 0) is 48.0 Å². The zero-order valence-corrected chi connectivity index (χ0v) is 18.0. The molecule has 0 aliphatic rings. The molecule has 0 aromatic heterocycles. The Hall–Kier alpha value is -2.16. The highest BCUT2D eigenvalue weighted by atomic mass is 16.7. The summed E-state index contributed by atoms with van der Waals surface area (Å²) >= 11 is 0. The van der Waals surface area contributed by atoms with Crippen LogP contribution in [0.4, 0.5) is 0 Å². The van der Waals surface area contributed by atoms with Gasteiger partial charge in [-0.25, -0.2) is 0 Å². The van der Waals surface area contributed by atoms with Gasteiger partial charge in [-0.3, -0.25) is 19.2 Å². The van der Waals surface area contributed by atoms with E-state index in [9.17, 15) is 19.2 Å². The molecule has 0 fully saturated rings. The maximum atomic E-state index is 11.9. The van der Waals surface area contributed by atoms with E-state index >= 15 is 0 Å². The number of ether oxygens (including phenoxy) is 4. The molecule has 3 atom stereocenters. The van der Waals surface area contributed by atoms with Crippen LogP contribution in [0.3, 0.4) is 0 Å². The molecule has 0 aliphatic heterocycles. The van der Waals surface area contributed by atoms with E-state index in [1.54, 1.807) is 41.5 Å². The predicted octanol–water partition coefficient (Wildman–Crippen LogP) is 2.05. The molecule has 0 aliphatic carbocycles. The summed E-state index contributed by atoms with van der Waals surface area (Å²) in [7, 11) is 0. The normalized spacial score (nSPS) is 15.0. The van der Waals surface area contributed by atoms with Gasteiger partial charge in [0.15, 0.2) is 0 Å². The standard InChI is InChI=1S/C19H33NO8/c1-11(27-16(23)18(3,4)5)25-14(21)10-9-13(20)15(22)26-12(2)28-17(24)19(6,7)8/h11-13H,9-10,20H2,1-8H3. The number of hydrogen-bond donors (Lipinski definition) is 1. The topological polar surface area (TPSA) is 131 Å². The lowest BCUT2D eigenvalue weighted by molar-refractivity contribution is -0.191. The van der Waals surface area contributed by atoms with Gasteiger partial charge in [-0.2, -0.15) is 0 Å². The molecule has 0 amide bonds. The van der Waals surface area contributed by atoms with E-state index in [0.717, 1.165) is 0 Å². The third-order valence-electron chi connectivity index (χ3n) is 3.31. The van der Waals surface area contributed by atoms with Crippen molar-refractivity contribution < 1.29 is 38.1 Å². The molecule has 2 N–H and O–H groups in total. The SMILES string of the molecule is CC(OC(=O)CCC(N)C(=O)OC(C)OC(=O)C(C)(C)C)OC(=O)C(C)(C)C. The second-order valence-corrected chi connectivity index (χ2v) is 8.52. The third kappa shape index (κ3) is 10.2. The summed E-state index contributed by atoms with van der Waals surface area (Å²) in [4.78, 5) is 47.2. The van der Waals surface area contributed by atoms with Gasteiger partial charge in [0.25, 0.3) is 0 Å². The summed E-state index contributed by atoms with van der Waals surface area (Å²) in [5, 5.41) is 0. The van der Waals surface area contributed by atoms with Gasteiger partial charge in [0, 0.05) is 20.3 Å². The van der Waals surface area contributed by atoms with Crippen LogP contribution >= 0.6 is 0 Å². The fourth-order valence-corrected chi connectivity index (χ4v) is 1.59. The molecule has 0 aromatic carbocycles. The van der Waals surface area contributed by atoms with Crippen LogP contribution in [0, 0.1) is 10.8 Å². The summed E-state index contributed by atoms with van der Waals surface area (Å²) in [6.07, 6.45) is -2.38. The molecule has 9 heteroatoms. The Labute approximate surface area is 166 Å². The van der Waals surface area contributed by atoms with Crippen molar-refractivity contribution in [3.63, 3.8) is 0 Å². The summed E-state index contributed by atoms with van der Waals surface area (Å²) < 4.78 is 19.9. The van der Waals surface area contributed by atoms with E-state index < -0.39 is 53.3 Å². The number of esters is 4. The van der Waals surface area contributed by atoms with E-state index in [-0.39, 0.29) is 12.8 Å². The second-order valence-electron chi connectivity index (χ2n) is 8.52. The molecule has 0 bridgehead atoms. The Morgan fingerprint density at radius 1 is 0.750 bits per heavy atom. The molecule has 3 unspecified atom stereocenters. The Kier molecular flexibility index (Phi) is 9.60. The van der Waals surface area contributed by atoms with E-state index in [1.807, 2.05) is 0 Å². The molecular formula is C19H33NO8. The third-order valence-corrected chi connectivity index (χ3v) is 3.31. The maximum absolute atomic E-state index is 11.9. The highest BCUT2D eigenvalue weighted by molar-refractivity contribution is 5.78. The van der Waals surface area contributed by atoms with Crippen LogP contribution in [0.15, 0.2) is 0 Å². The van der Waals surface area contributed by atoms with Crippen LogP contribution in [0.25, 0.3) is 0 Å². The van der Waals surface area contributed by atoms with Crippen molar-refractivity contribution in [2.45, 2.75) is 86.9 Å². The first kappa shape index (κ1) is 25.8. The van der Waals surface area contributed by atoms with Gasteiger partial charge >= 0.3 is 23.9 Å². The van der Waals surface area contributed by atoms with Crippen molar-refractivity contribution in [2.75, 3.05) is 0 Å². The first-order valence-corrected chi connectivity index (χ1v) is 9.11. The van der Waals surface area contributed by atoms with E-state index in [0.29, 0.717) is 0 Å². The number of hydrogen-bond acceptors (Lipinski definition) is 9. The molecule has 9 nitrogen and oxygen atoms in total. The minimum Gasteiger partial charge on any atom is -0.425 e.